The number of hydrogen-bond donors (Lipinski definition) is 3. The molecular formula is C16H18ClN3O. The van der Waals surface area contributed by atoms with Crippen molar-refractivity contribution in [2.24, 2.45) is 0 Å². The van der Waals surface area contributed by atoms with Gasteiger partial charge in [-0.1, -0.05) is 0 Å². The first-order valence-corrected chi connectivity index (χ1v) is 6.59. The Balaban J connectivity index is 0.00000161. The predicted octanol–water partition coefficient (Wildman–Crippen LogP) is -1.58. The average Bonchev–Trinajstić information content (AvgIpc) is 3.11. The van der Waals surface area contributed by atoms with E-state index in [-0.39, 0.29) is 12.4 Å². The summed E-state index contributed by atoms with van der Waals surface area (Å²) < 4.78 is 5.45. The fourth-order valence-corrected chi connectivity index (χ4v) is 2.41. The Bertz CT molecular complexity index is 721. The summed E-state index contributed by atoms with van der Waals surface area (Å²) in [6, 6.07) is 6.14. The van der Waals surface area contributed by atoms with Gasteiger partial charge in [0.25, 0.3) is 0 Å². The molecule has 1 aliphatic rings. The van der Waals surface area contributed by atoms with Gasteiger partial charge in [0, 0.05) is 23.7 Å². The highest BCUT2D eigenvalue weighted by Gasteiger charge is 2.24. The summed E-state index contributed by atoms with van der Waals surface area (Å²) in [5, 5.41) is 0. The number of nitrogens with one attached hydrogen (secondary N) is 3. The zero-order valence-electron chi connectivity index (χ0n) is 12.3. The number of ether oxygens (including phenoxy) is 1. The van der Waals surface area contributed by atoms with Crippen LogP contribution in [0.3, 0.4) is 0 Å². The molecule has 3 N–H and O–H groups in total. The monoisotopic (exact) mass is 303 g/mol. The van der Waals surface area contributed by atoms with E-state index in [0.717, 1.165) is 34.2 Å². The van der Waals surface area contributed by atoms with E-state index in [9.17, 15) is 0 Å². The molecule has 0 saturated heterocycles. The number of aromatic nitrogens is 2. The van der Waals surface area contributed by atoms with E-state index in [4.69, 9.17) is 4.74 Å². The largest absolute Gasteiger partial charge is 1.00 e. The fraction of sp³-hybridized carbons (Fsp3) is 0.188. The van der Waals surface area contributed by atoms with Crippen LogP contribution >= 0.6 is 0 Å². The van der Waals surface area contributed by atoms with Gasteiger partial charge < -0.3 is 27.1 Å². The van der Waals surface area contributed by atoms with E-state index in [1.807, 2.05) is 24.4 Å². The molecule has 0 aromatic carbocycles. The molecule has 21 heavy (non-hydrogen) atoms. The second kappa shape index (κ2) is 6.06. The van der Waals surface area contributed by atoms with Crippen LogP contribution in [-0.4, -0.2) is 22.8 Å². The van der Waals surface area contributed by atoms with Gasteiger partial charge in [0.05, 0.1) is 13.2 Å². The minimum absolute atomic E-state index is 0. The summed E-state index contributed by atoms with van der Waals surface area (Å²) in [6.07, 6.45) is 5.99. The van der Waals surface area contributed by atoms with Crippen molar-refractivity contribution in [3.63, 3.8) is 0 Å². The molecule has 0 amide bonds. The van der Waals surface area contributed by atoms with Crippen LogP contribution in [0.1, 0.15) is 22.6 Å². The van der Waals surface area contributed by atoms with Crippen molar-refractivity contribution in [3.8, 4) is 0 Å². The van der Waals surface area contributed by atoms with E-state index < -0.39 is 0 Å². The number of allylic oxidation sites excluding steroid dienone is 1. The Morgan fingerprint density at radius 2 is 2.10 bits per heavy atom. The van der Waals surface area contributed by atoms with E-state index in [0.29, 0.717) is 0 Å². The van der Waals surface area contributed by atoms with Crippen LogP contribution in [0.4, 0.5) is 0 Å². The molecule has 4 nitrogen and oxygen atoms in total. The van der Waals surface area contributed by atoms with Crippen molar-refractivity contribution in [2.75, 3.05) is 7.11 Å². The smallest absolute Gasteiger partial charge is 0.248 e. The molecule has 0 saturated carbocycles. The number of halogens is 1. The third kappa shape index (κ3) is 2.95. The Hall–Kier alpha value is -2.20. The SMILES string of the molecule is COC1=CC(c2ccc[nH]2)=[NH+]/C1=C\c1[nH]c(C)cc1C.[Cl-]. The maximum absolute atomic E-state index is 5.45. The molecule has 0 fully saturated rings. The van der Waals surface area contributed by atoms with Gasteiger partial charge in [0.2, 0.25) is 11.4 Å². The first-order valence-electron chi connectivity index (χ1n) is 6.59. The fourth-order valence-electron chi connectivity index (χ4n) is 2.41. The lowest BCUT2D eigenvalue weighted by atomic mass is 10.2. The minimum atomic E-state index is 0. The Labute approximate surface area is 130 Å². The molecule has 3 heterocycles. The number of aryl methyl sites for hydroxylation is 2. The lowest BCUT2D eigenvalue weighted by Gasteiger charge is -1.96. The van der Waals surface area contributed by atoms with Crippen LogP contribution in [0.25, 0.3) is 6.08 Å². The average molecular weight is 304 g/mol. The van der Waals surface area contributed by atoms with Crippen LogP contribution < -0.4 is 17.4 Å². The van der Waals surface area contributed by atoms with E-state index in [1.165, 1.54) is 5.56 Å². The van der Waals surface area contributed by atoms with Crippen molar-refractivity contribution < 1.29 is 22.1 Å². The zero-order chi connectivity index (χ0) is 14.1. The summed E-state index contributed by atoms with van der Waals surface area (Å²) in [6.45, 7) is 4.15. The number of aromatic amines is 2. The standard InChI is InChI=1S/C16H17N3O.ClH/c1-10-7-11(2)18-13(10)8-15-16(20-3)9-14(19-15)12-5-4-6-17-12;/h4-9,17-18H,1-3H3;1H/b15-8-;. The van der Waals surface area contributed by atoms with Crippen molar-refractivity contribution in [1.29, 1.82) is 0 Å². The molecule has 0 atom stereocenters. The number of rotatable bonds is 3. The van der Waals surface area contributed by atoms with Crippen LogP contribution in [0.2, 0.25) is 0 Å². The highest BCUT2D eigenvalue weighted by atomic mass is 35.5. The molecule has 0 aliphatic carbocycles. The van der Waals surface area contributed by atoms with Gasteiger partial charge in [0.1, 0.15) is 5.69 Å². The Morgan fingerprint density at radius 3 is 2.67 bits per heavy atom. The third-order valence-electron chi connectivity index (χ3n) is 3.40. The van der Waals surface area contributed by atoms with Gasteiger partial charge in [-0.05, 0) is 37.6 Å². The molecule has 0 radical (unpaired) electrons. The molecule has 2 aromatic rings. The third-order valence-corrected chi connectivity index (χ3v) is 3.40. The number of methoxy groups -OCH3 is 1. The second-order valence-corrected chi connectivity index (χ2v) is 4.94. The van der Waals surface area contributed by atoms with Crippen molar-refractivity contribution in [2.45, 2.75) is 13.8 Å². The van der Waals surface area contributed by atoms with Gasteiger partial charge in [0.15, 0.2) is 5.76 Å². The minimum Gasteiger partial charge on any atom is -1.00 e. The summed E-state index contributed by atoms with van der Waals surface area (Å²) in [5.74, 6) is 0.834. The van der Waals surface area contributed by atoms with Crippen molar-refractivity contribution >= 4 is 11.8 Å². The lowest BCUT2D eigenvalue weighted by molar-refractivity contribution is -0.388. The number of H-pyrrole nitrogens is 2. The number of hydrogen-bond acceptors (Lipinski definition) is 1. The maximum Gasteiger partial charge on any atom is 0.248 e. The summed E-state index contributed by atoms with van der Waals surface area (Å²) >= 11 is 0. The van der Waals surface area contributed by atoms with E-state index in [2.05, 4.69) is 41.0 Å². The van der Waals surface area contributed by atoms with Gasteiger partial charge in [-0.15, -0.1) is 0 Å². The molecular weight excluding hydrogens is 286 g/mol. The second-order valence-electron chi connectivity index (χ2n) is 4.94. The topological polar surface area (TPSA) is 54.8 Å². The Morgan fingerprint density at radius 1 is 1.29 bits per heavy atom. The first kappa shape index (κ1) is 15.2. The molecule has 0 unspecified atom stereocenters. The van der Waals surface area contributed by atoms with Gasteiger partial charge >= 0.3 is 0 Å². The van der Waals surface area contributed by atoms with Gasteiger partial charge in [-0.25, -0.2) is 4.99 Å². The van der Waals surface area contributed by atoms with Gasteiger partial charge in [-0.3, -0.25) is 0 Å². The summed E-state index contributed by atoms with van der Waals surface area (Å²) in [5.41, 5.74) is 6.49. The van der Waals surface area contributed by atoms with E-state index in [1.54, 1.807) is 7.11 Å². The summed E-state index contributed by atoms with van der Waals surface area (Å²) in [7, 11) is 1.69. The normalized spacial score (nSPS) is 15.7. The quantitative estimate of drug-likeness (QED) is 0.630. The molecule has 5 heteroatoms. The molecule has 0 bridgehead atoms. The van der Waals surface area contributed by atoms with Crippen molar-refractivity contribution in [3.05, 3.63) is 64.6 Å². The lowest BCUT2D eigenvalue weighted by Crippen LogP contribution is -3.00. The zero-order valence-corrected chi connectivity index (χ0v) is 13.0. The molecule has 1 aliphatic heterocycles. The first-order chi connectivity index (χ1) is 9.67. The van der Waals surface area contributed by atoms with Crippen LogP contribution in [0.5, 0.6) is 0 Å². The van der Waals surface area contributed by atoms with Crippen LogP contribution in [0, 0.1) is 13.8 Å². The van der Waals surface area contributed by atoms with E-state index >= 15 is 0 Å². The maximum atomic E-state index is 5.45. The van der Waals surface area contributed by atoms with Crippen LogP contribution in [0.15, 0.2) is 41.9 Å². The van der Waals surface area contributed by atoms with Gasteiger partial charge in [-0.2, -0.15) is 0 Å². The Kier molecular flexibility index (Phi) is 4.38. The summed E-state index contributed by atoms with van der Waals surface area (Å²) in [4.78, 5) is 9.93. The molecule has 3 rings (SSSR count). The highest BCUT2D eigenvalue weighted by molar-refractivity contribution is 6.05. The van der Waals surface area contributed by atoms with Crippen molar-refractivity contribution in [1.82, 2.24) is 9.97 Å². The molecule has 2 aromatic heterocycles. The highest BCUT2D eigenvalue weighted by Crippen LogP contribution is 2.16. The van der Waals surface area contributed by atoms with Crippen LogP contribution in [-0.2, 0) is 4.74 Å². The molecule has 110 valence electrons. The predicted molar refractivity (Wildman–Crippen MR) is 79.2 cm³/mol. The molecule has 0 spiro atoms.